The fourth-order valence-corrected chi connectivity index (χ4v) is 3.77. The molecule has 1 aliphatic heterocycles. The van der Waals surface area contributed by atoms with Gasteiger partial charge in [-0.25, -0.2) is 0 Å². The highest BCUT2D eigenvalue weighted by molar-refractivity contribution is 7.98. The van der Waals surface area contributed by atoms with E-state index in [-0.39, 0.29) is 24.9 Å². The van der Waals surface area contributed by atoms with Crippen LogP contribution in [-0.4, -0.2) is 46.4 Å². The van der Waals surface area contributed by atoms with E-state index >= 15 is 0 Å². The number of rotatable bonds is 8. The van der Waals surface area contributed by atoms with Crippen molar-refractivity contribution in [2.45, 2.75) is 24.2 Å². The van der Waals surface area contributed by atoms with Crippen LogP contribution in [0, 0.1) is 5.92 Å². The molecule has 1 aliphatic rings. The number of aryl methyl sites for hydroxylation is 1. The summed E-state index contributed by atoms with van der Waals surface area (Å²) in [5.41, 5.74) is 1.58. The third-order valence-electron chi connectivity index (χ3n) is 5.01. The molecule has 0 spiro atoms. The summed E-state index contributed by atoms with van der Waals surface area (Å²) >= 11 is 1.64. The first-order valence-corrected chi connectivity index (χ1v) is 11.2. The van der Waals surface area contributed by atoms with Crippen LogP contribution in [0.25, 0.3) is 11.4 Å². The Labute approximate surface area is 184 Å². The third-order valence-corrected chi connectivity index (χ3v) is 5.75. The number of carbonyl (C=O) groups is 2. The highest BCUT2D eigenvalue weighted by atomic mass is 32.2. The topological polar surface area (TPSA) is 98.4 Å². The lowest BCUT2D eigenvalue weighted by atomic mass is 10.1. The number of esters is 1. The lowest BCUT2D eigenvalue weighted by Crippen LogP contribution is -2.26. The molecule has 1 amide bonds. The molecular formula is C22H22N4O4S. The Morgan fingerprint density at radius 2 is 2.13 bits per heavy atom. The molecule has 0 bridgehead atoms. The van der Waals surface area contributed by atoms with Gasteiger partial charge in [0.25, 0.3) is 0 Å². The van der Waals surface area contributed by atoms with Crippen LogP contribution >= 0.6 is 11.8 Å². The predicted octanol–water partition coefficient (Wildman–Crippen LogP) is 3.38. The van der Waals surface area contributed by atoms with E-state index in [1.165, 1.54) is 0 Å². The summed E-state index contributed by atoms with van der Waals surface area (Å²) in [7, 11) is 0. The summed E-state index contributed by atoms with van der Waals surface area (Å²) in [5.74, 6) is 0.0974. The van der Waals surface area contributed by atoms with Crippen LogP contribution in [0.4, 0.5) is 5.69 Å². The average molecular weight is 439 g/mol. The van der Waals surface area contributed by atoms with Crippen LogP contribution in [0.1, 0.15) is 18.7 Å². The normalized spacial score (nSPS) is 16.0. The van der Waals surface area contributed by atoms with Crippen molar-refractivity contribution in [1.29, 1.82) is 0 Å². The summed E-state index contributed by atoms with van der Waals surface area (Å²) in [6, 6.07) is 11.4. The molecule has 0 aliphatic carbocycles. The number of hydrogen-bond acceptors (Lipinski definition) is 8. The largest absolute Gasteiger partial charge is 0.465 e. The first-order valence-electron chi connectivity index (χ1n) is 9.98. The van der Waals surface area contributed by atoms with Crippen molar-refractivity contribution in [2.24, 2.45) is 5.92 Å². The van der Waals surface area contributed by atoms with Crippen LogP contribution in [0.3, 0.4) is 0 Å². The minimum atomic E-state index is -0.451. The molecule has 1 saturated heterocycles. The van der Waals surface area contributed by atoms with E-state index in [0.29, 0.717) is 31.1 Å². The van der Waals surface area contributed by atoms with Crippen LogP contribution in [0.2, 0.25) is 0 Å². The number of ether oxygens (including phenoxy) is 1. The molecule has 3 aromatic rings. The van der Waals surface area contributed by atoms with E-state index in [4.69, 9.17) is 9.26 Å². The van der Waals surface area contributed by atoms with Gasteiger partial charge in [0.1, 0.15) is 0 Å². The molecule has 8 nitrogen and oxygen atoms in total. The second-order valence-electron chi connectivity index (χ2n) is 7.13. The van der Waals surface area contributed by atoms with E-state index in [1.54, 1.807) is 35.1 Å². The van der Waals surface area contributed by atoms with Gasteiger partial charge in [-0.2, -0.15) is 4.98 Å². The molecule has 4 rings (SSSR count). The molecule has 3 heterocycles. The molecule has 160 valence electrons. The molecule has 0 N–H and O–H groups in total. The standard InChI is InChI=1S/C22H22N4O4S/c1-31-18-8-6-17(7-9-18)26-14-16(12-20(26)27)22(28)29-11-3-5-19-24-21(25-30-19)15-4-2-10-23-13-15/h2,4,6-10,13,16H,3,5,11-12,14H2,1H3. The quantitative estimate of drug-likeness (QED) is 0.300. The SMILES string of the molecule is CSc1ccc(N2CC(C(=O)OCCCc3nc(-c4cccnc4)no3)CC2=O)cc1. The van der Waals surface area contributed by atoms with Crippen molar-refractivity contribution < 1.29 is 18.8 Å². The van der Waals surface area contributed by atoms with Crippen molar-refractivity contribution >= 4 is 29.3 Å². The van der Waals surface area contributed by atoms with Crippen molar-refractivity contribution in [3.8, 4) is 11.4 Å². The Morgan fingerprint density at radius 3 is 2.87 bits per heavy atom. The maximum absolute atomic E-state index is 12.4. The number of anilines is 1. The summed E-state index contributed by atoms with van der Waals surface area (Å²) in [6.07, 6.45) is 6.57. The number of amides is 1. The summed E-state index contributed by atoms with van der Waals surface area (Å²) in [5, 5.41) is 3.94. The lowest BCUT2D eigenvalue weighted by Gasteiger charge is -2.16. The van der Waals surface area contributed by atoms with Crippen molar-refractivity contribution in [3.05, 3.63) is 54.7 Å². The number of hydrogen-bond donors (Lipinski definition) is 0. The van der Waals surface area contributed by atoms with Gasteiger partial charge in [0.2, 0.25) is 17.6 Å². The van der Waals surface area contributed by atoms with Crippen LogP contribution in [0.15, 0.2) is 58.2 Å². The maximum atomic E-state index is 12.4. The van der Waals surface area contributed by atoms with Crippen LogP contribution < -0.4 is 4.90 Å². The predicted molar refractivity (Wildman–Crippen MR) is 115 cm³/mol. The zero-order valence-corrected chi connectivity index (χ0v) is 17.9. The lowest BCUT2D eigenvalue weighted by molar-refractivity contribution is -0.148. The van der Waals surface area contributed by atoms with Gasteiger partial charge in [-0.15, -0.1) is 11.8 Å². The number of nitrogens with zero attached hydrogens (tertiary/aromatic N) is 4. The molecule has 0 radical (unpaired) electrons. The molecule has 1 fully saturated rings. The van der Waals surface area contributed by atoms with E-state index in [9.17, 15) is 9.59 Å². The Kier molecular flexibility index (Phi) is 6.61. The Morgan fingerprint density at radius 1 is 1.29 bits per heavy atom. The number of pyridine rings is 1. The highest BCUT2D eigenvalue weighted by Gasteiger charge is 2.36. The maximum Gasteiger partial charge on any atom is 0.311 e. The van der Waals surface area contributed by atoms with Gasteiger partial charge in [-0.1, -0.05) is 5.16 Å². The number of thioether (sulfide) groups is 1. The van der Waals surface area contributed by atoms with Gasteiger partial charge in [0, 0.05) is 47.9 Å². The molecule has 1 aromatic carbocycles. The van der Waals surface area contributed by atoms with E-state index in [2.05, 4.69) is 15.1 Å². The van der Waals surface area contributed by atoms with Gasteiger partial charge < -0.3 is 14.2 Å². The Balaban J connectivity index is 1.23. The van der Waals surface area contributed by atoms with Crippen molar-refractivity contribution in [2.75, 3.05) is 24.3 Å². The van der Waals surface area contributed by atoms with E-state index in [0.717, 1.165) is 16.1 Å². The monoisotopic (exact) mass is 438 g/mol. The number of carbonyl (C=O) groups excluding carboxylic acids is 2. The fourth-order valence-electron chi connectivity index (χ4n) is 3.36. The first kappa shape index (κ1) is 21.0. The van der Waals surface area contributed by atoms with E-state index < -0.39 is 5.92 Å². The zero-order chi connectivity index (χ0) is 21.6. The number of aromatic nitrogens is 3. The minimum Gasteiger partial charge on any atom is -0.465 e. The van der Waals surface area contributed by atoms with Crippen molar-refractivity contribution in [1.82, 2.24) is 15.1 Å². The van der Waals surface area contributed by atoms with Crippen LogP contribution in [0.5, 0.6) is 0 Å². The molecular weight excluding hydrogens is 416 g/mol. The van der Waals surface area contributed by atoms with Gasteiger partial charge in [0.05, 0.1) is 12.5 Å². The molecule has 31 heavy (non-hydrogen) atoms. The zero-order valence-electron chi connectivity index (χ0n) is 17.1. The third kappa shape index (κ3) is 5.11. The van der Waals surface area contributed by atoms with Crippen LogP contribution in [-0.2, 0) is 20.7 Å². The second kappa shape index (κ2) is 9.74. The molecule has 2 aromatic heterocycles. The van der Waals surface area contributed by atoms with Gasteiger partial charge in [-0.3, -0.25) is 14.6 Å². The summed E-state index contributed by atoms with van der Waals surface area (Å²) in [6.45, 7) is 0.574. The Hall–Kier alpha value is -3.20. The first-order chi connectivity index (χ1) is 15.1. The molecule has 0 saturated carbocycles. The highest BCUT2D eigenvalue weighted by Crippen LogP contribution is 2.27. The van der Waals surface area contributed by atoms with Gasteiger partial charge in [-0.05, 0) is 49.1 Å². The minimum absolute atomic E-state index is 0.0624. The molecule has 1 unspecified atom stereocenters. The smallest absolute Gasteiger partial charge is 0.311 e. The second-order valence-corrected chi connectivity index (χ2v) is 8.01. The molecule has 1 atom stereocenters. The molecule has 9 heteroatoms. The fraction of sp³-hybridized carbons (Fsp3) is 0.318. The van der Waals surface area contributed by atoms with Gasteiger partial charge in [0.15, 0.2) is 0 Å². The Bertz CT molecular complexity index is 1040. The summed E-state index contributed by atoms with van der Waals surface area (Å²) in [4.78, 5) is 35.9. The number of benzene rings is 1. The van der Waals surface area contributed by atoms with E-state index in [1.807, 2.05) is 36.6 Å². The average Bonchev–Trinajstić information content (AvgIpc) is 3.44. The van der Waals surface area contributed by atoms with Gasteiger partial charge >= 0.3 is 5.97 Å². The summed E-state index contributed by atoms with van der Waals surface area (Å²) < 4.78 is 10.6. The van der Waals surface area contributed by atoms with Crippen molar-refractivity contribution in [3.63, 3.8) is 0 Å².